The normalized spacial score (nSPS) is 21.1. The minimum Gasteiger partial charge on any atom is -0.497 e. The molecular weight excluding hydrogens is 314 g/mol. The number of benzene rings is 1. The summed E-state index contributed by atoms with van der Waals surface area (Å²) in [6.07, 6.45) is 4.10. The standard InChI is InChI=1S/C15H23NO2.C2H2O4/c1-18-12-6-4-5-11(9-12)14(10-16)13-7-2-3-8-15(13)17;3-1(4)2(5)6/h4-6,9,13-15,17H,2-3,7-8,10,16H2,1H3;(H,3,4)(H,5,6)/t13-,14+,15-;/m1./s1. The second-order valence-corrected chi connectivity index (χ2v) is 5.74. The number of nitrogens with two attached hydrogens (primary N) is 1. The number of carbonyl (C=O) groups is 2. The number of hydrogen-bond donors (Lipinski definition) is 4. The van der Waals surface area contributed by atoms with Gasteiger partial charge in [0.25, 0.3) is 0 Å². The first-order valence-corrected chi connectivity index (χ1v) is 7.89. The molecule has 0 aromatic heterocycles. The lowest BCUT2D eigenvalue weighted by Crippen LogP contribution is -2.33. The van der Waals surface area contributed by atoms with E-state index in [1.54, 1.807) is 7.11 Å². The van der Waals surface area contributed by atoms with Crippen LogP contribution in [0.25, 0.3) is 0 Å². The van der Waals surface area contributed by atoms with E-state index in [1.165, 1.54) is 12.0 Å². The Balaban J connectivity index is 0.000000413. The zero-order chi connectivity index (χ0) is 18.1. The molecule has 1 aliphatic rings. The molecule has 0 unspecified atom stereocenters. The third-order valence-electron chi connectivity index (χ3n) is 4.26. The van der Waals surface area contributed by atoms with Gasteiger partial charge in [-0.3, -0.25) is 0 Å². The van der Waals surface area contributed by atoms with E-state index >= 15 is 0 Å². The zero-order valence-corrected chi connectivity index (χ0v) is 13.7. The number of carboxylic acid groups (broad SMARTS) is 2. The third kappa shape index (κ3) is 5.82. The van der Waals surface area contributed by atoms with Gasteiger partial charge in [-0.2, -0.15) is 0 Å². The van der Waals surface area contributed by atoms with Crippen molar-refractivity contribution in [2.75, 3.05) is 13.7 Å². The van der Waals surface area contributed by atoms with Crippen LogP contribution in [0, 0.1) is 5.92 Å². The van der Waals surface area contributed by atoms with Gasteiger partial charge in [-0.15, -0.1) is 0 Å². The van der Waals surface area contributed by atoms with Crippen LogP contribution in [0.2, 0.25) is 0 Å². The molecule has 0 heterocycles. The summed E-state index contributed by atoms with van der Waals surface area (Å²) in [4.78, 5) is 18.2. The van der Waals surface area contributed by atoms with Crippen molar-refractivity contribution in [3.63, 3.8) is 0 Å². The van der Waals surface area contributed by atoms with Crippen molar-refractivity contribution in [3.05, 3.63) is 29.8 Å². The van der Waals surface area contributed by atoms with Crippen molar-refractivity contribution in [1.29, 1.82) is 0 Å². The van der Waals surface area contributed by atoms with Crippen LogP contribution in [0.15, 0.2) is 24.3 Å². The lowest BCUT2D eigenvalue weighted by Gasteiger charge is -2.34. The molecule has 5 N–H and O–H groups in total. The van der Waals surface area contributed by atoms with Crippen LogP contribution in [0.3, 0.4) is 0 Å². The number of aliphatic hydroxyl groups excluding tert-OH is 1. The zero-order valence-electron chi connectivity index (χ0n) is 13.7. The van der Waals surface area contributed by atoms with Gasteiger partial charge in [0.15, 0.2) is 0 Å². The van der Waals surface area contributed by atoms with Crippen LogP contribution in [-0.4, -0.2) is 47.0 Å². The molecule has 0 spiro atoms. The summed E-state index contributed by atoms with van der Waals surface area (Å²) >= 11 is 0. The topological polar surface area (TPSA) is 130 Å². The van der Waals surface area contributed by atoms with Crippen LogP contribution in [0.1, 0.15) is 37.2 Å². The monoisotopic (exact) mass is 339 g/mol. The Morgan fingerprint density at radius 2 is 1.88 bits per heavy atom. The molecular formula is C17H25NO6. The first-order valence-electron chi connectivity index (χ1n) is 7.89. The quantitative estimate of drug-likeness (QED) is 0.611. The minimum absolute atomic E-state index is 0.210. The Bertz CT molecular complexity index is 536. The van der Waals surface area contributed by atoms with Crippen molar-refractivity contribution in [3.8, 4) is 5.75 Å². The van der Waals surface area contributed by atoms with Crippen LogP contribution in [-0.2, 0) is 9.59 Å². The summed E-state index contributed by atoms with van der Waals surface area (Å²) in [5.41, 5.74) is 7.12. The van der Waals surface area contributed by atoms with Crippen molar-refractivity contribution in [2.24, 2.45) is 11.7 Å². The molecule has 0 amide bonds. The molecule has 0 radical (unpaired) electrons. The smallest absolute Gasteiger partial charge is 0.414 e. The van der Waals surface area contributed by atoms with E-state index in [2.05, 4.69) is 6.07 Å². The second-order valence-electron chi connectivity index (χ2n) is 5.74. The van der Waals surface area contributed by atoms with Crippen molar-refractivity contribution in [1.82, 2.24) is 0 Å². The molecule has 1 aliphatic carbocycles. The molecule has 0 bridgehead atoms. The highest BCUT2D eigenvalue weighted by molar-refractivity contribution is 6.27. The lowest BCUT2D eigenvalue weighted by atomic mass is 9.75. The van der Waals surface area contributed by atoms with E-state index in [4.69, 9.17) is 30.3 Å². The fourth-order valence-electron chi connectivity index (χ4n) is 3.04. The summed E-state index contributed by atoms with van der Waals surface area (Å²) in [5, 5.41) is 25.0. The van der Waals surface area contributed by atoms with Crippen LogP contribution in [0.4, 0.5) is 0 Å². The average molecular weight is 339 g/mol. The van der Waals surface area contributed by atoms with E-state index in [9.17, 15) is 5.11 Å². The highest BCUT2D eigenvalue weighted by atomic mass is 16.5. The Kier molecular flexibility index (Phi) is 8.21. The number of hydrogen-bond acceptors (Lipinski definition) is 5. The summed E-state index contributed by atoms with van der Waals surface area (Å²) in [5.74, 6) is -2.27. The molecule has 134 valence electrons. The predicted octanol–water partition coefficient (Wildman–Crippen LogP) is 1.44. The molecule has 7 nitrogen and oxygen atoms in total. The maximum absolute atomic E-state index is 10.2. The molecule has 2 rings (SSSR count). The van der Waals surface area contributed by atoms with Gasteiger partial charge in [-0.1, -0.05) is 25.0 Å². The van der Waals surface area contributed by atoms with E-state index in [1.807, 2.05) is 18.2 Å². The predicted molar refractivity (Wildman–Crippen MR) is 88.0 cm³/mol. The first-order chi connectivity index (χ1) is 11.4. The number of methoxy groups -OCH3 is 1. The van der Waals surface area contributed by atoms with Gasteiger partial charge >= 0.3 is 11.9 Å². The van der Waals surface area contributed by atoms with Gasteiger partial charge in [0.2, 0.25) is 0 Å². The number of aliphatic carboxylic acids is 2. The molecule has 1 aromatic carbocycles. The summed E-state index contributed by atoms with van der Waals surface area (Å²) in [7, 11) is 1.67. The molecule has 24 heavy (non-hydrogen) atoms. The van der Waals surface area contributed by atoms with E-state index in [0.717, 1.165) is 25.0 Å². The van der Waals surface area contributed by atoms with Crippen molar-refractivity contribution in [2.45, 2.75) is 37.7 Å². The number of carboxylic acids is 2. The Labute approximate surface area is 141 Å². The van der Waals surface area contributed by atoms with Gasteiger partial charge in [0, 0.05) is 5.92 Å². The van der Waals surface area contributed by atoms with E-state index < -0.39 is 11.9 Å². The van der Waals surface area contributed by atoms with E-state index in [-0.39, 0.29) is 17.9 Å². The van der Waals surface area contributed by atoms with E-state index in [0.29, 0.717) is 6.54 Å². The van der Waals surface area contributed by atoms with Gasteiger partial charge < -0.3 is 25.8 Å². The van der Waals surface area contributed by atoms with Crippen LogP contribution in [0.5, 0.6) is 5.75 Å². The number of ether oxygens (including phenoxy) is 1. The Hall–Kier alpha value is -2.12. The Morgan fingerprint density at radius 3 is 2.38 bits per heavy atom. The van der Waals surface area contributed by atoms with Gasteiger partial charge in [-0.05, 0) is 43.0 Å². The molecule has 1 fully saturated rings. The summed E-state index contributed by atoms with van der Waals surface area (Å²) < 4.78 is 5.26. The fourth-order valence-corrected chi connectivity index (χ4v) is 3.04. The van der Waals surface area contributed by atoms with Gasteiger partial charge in [0.1, 0.15) is 5.75 Å². The summed E-state index contributed by atoms with van der Waals surface area (Å²) in [6, 6.07) is 8.06. The molecule has 0 saturated heterocycles. The number of rotatable bonds is 4. The maximum atomic E-state index is 10.2. The third-order valence-corrected chi connectivity index (χ3v) is 4.26. The second kappa shape index (κ2) is 9.89. The molecule has 1 aromatic rings. The highest BCUT2D eigenvalue weighted by Crippen LogP contribution is 2.36. The molecule has 0 aliphatic heterocycles. The Morgan fingerprint density at radius 1 is 1.25 bits per heavy atom. The molecule has 7 heteroatoms. The van der Waals surface area contributed by atoms with Crippen molar-refractivity contribution < 1.29 is 29.6 Å². The first kappa shape index (κ1) is 19.9. The fraction of sp³-hybridized carbons (Fsp3) is 0.529. The largest absolute Gasteiger partial charge is 0.497 e. The number of aliphatic hydroxyl groups is 1. The highest BCUT2D eigenvalue weighted by Gasteiger charge is 2.30. The van der Waals surface area contributed by atoms with Gasteiger partial charge in [0.05, 0.1) is 13.2 Å². The van der Waals surface area contributed by atoms with Crippen molar-refractivity contribution >= 4 is 11.9 Å². The maximum Gasteiger partial charge on any atom is 0.414 e. The molecule has 1 saturated carbocycles. The minimum atomic E-state index is -1.82. The van der Waals surface area contributed by atoms with Gasteiger partial charge in [-0.25, -0.2) is 9.59 Å². The SMILES string of the molecule is COc1cccc([C@H](CN)[C@H]2CCCC[C@H]2O)c1.O=C(O)C(=O)O. The summed E-state index contributed by atoms with van der Waals surface area (Å²) in [6.45, 7) is 0.578. The average Bonchev–Trinajstić information content (AvgIpc) is 2.58. The van der Waals surface area contributed by atoms with Crippen LogP contribution >= 0.6 is 0 Å². The lowest BCUT2D eigenvalue weighted by molar-refractivity contribution is -0.159. The molecule has 3 atom stereocenters. The van der Waals surface area contributed by atoms with Crippen LogP contribution < -0.4 is 10.5 Å².